The average molecular weight is 324 g/mol. The molecule has 1 heterocycles. The zero-order valence-corrected chi connectivity index (χ0v) is 12.4. The van der Waals surface area contributed by atoms with Crippen molar-refractivity contribution in [3.8, 4) is 0 Å². The molecule has 2 N–H and O–H groups in total. The van der Waals surface area contributed by atoms with Gasteiger partial charge in [0.15, 0.2) is 0 Å². The summed E-state index contributed by atoms with van der Waals surface area (Å²) < 4.78 is 52.0. The van der Waals surface area contributed by atoms with Gasteiger partial charge >= 0.3 is 6.05 Å². The molecule has 0 aliphatic carbocycles. The monoisotopic (exact) mass is 324 g/mol. The van der Waals surface area contributed by atoms with Gasteiger partial charge in [-0.2, -0.15) is 8.78 Å². The van der Waals surface area contributed by atoms with Gasteiger partial charge in [0, 0.05) is 17.8 Å². The van der Waals surface area contributed by atoms with Crippen molar-refractivity contribution in [2.24, 2.45) is 5.14 Å². The highest BCUT2D eigenvalue weighted by molar-refractivity contribution is 7.89. The fraction of sp³-hybridized carbons (Fsp3) is 0.200. The van der Waals surface area contributed by atoms with E-state index < -0.39 is 16.1 Å². The lowest BCUT2D eigenvalue weighted by Gasteiger charge is -2.30. The van der Waals surface area contributed by atoms with Crippen molar-refractivity contribution in [2.45, 2.75) is 17.4 Å². The van der Waals surface area contributed by atoms with Crippen LogP contribution in [0.25, 0.3) is 0 Å². The predicted octanol–water partition coefficient (Wildman–Crippen LogP) is 2.45. The molecular formula is C15H14F2N2O2S. The molecule has 4 nitrogen and oxygen atoms in total. The van der Waals surface area contributed by atoms with Crippen molar-refractivity contribution in [1.29, 1.82) is 0 Å². The Bertz CT molecular complexity index is 808. The molecule has 3 rings (SSSR count). The summed E-state index contributed by atoms with van der Waals surface area (Å²) in [6.45, 7) is 0.116. The van der Waals surface area contributed by atoms with E-state index in [1.165, 1.54) is 30.3 Å². The van der Waals surface area contributed by atoms with Crippen molar-refractivity contribution in [3.63, 3.8) is 0 Å². The maximum Gasteiger partial charge on any atom is 0.352 e. The first kappa shape index (κ1) is 14.9. The van der Waals surface area contributed by atoms with E-state index >= 15 is 0 Å². The smallest absolute Gasteiger partial charge is 0.309 e. The van der Waals surface area contributed by atoms with E-state index in [2.05, 4.69) is 0 Å². The lowest BCUT2D eigenvalue weighted by atomic mass is 10.1. The molecule has 7 heteroatoms. The number of nitrogens with zero attached hydrogens (tertiary/aromatic N) is 1. The molecule has 0 fully saturated rings. The van der Waals surface area contributed by atoms with Gasteiger partial charge in [-0.1, -0.05) is 30.3 Å². The molecule has 0 saturated carbocycles. The number of halogens is 2. The van der Waals surface area contributed by atoms with Crippen LogP contribution in [0, 0.1) is 0 Å². The van der Waals surface area contributed by atoms with E-state index in [-0.39, 0.29) is 17.0 Å². The van der Waals surface area contributed by atoms with E-state index in [1.807, 2.05) is 0 Å². The van der Waals surface area contributed by atoms with Crippen molar-refractivity contribution < 1.29 is 17.2 Å². The van der Waals surface area contributed by atoms with E-state index in [1.54, 1.807) is 18.2 Å². The highest BCUT2D eigenvalue weighted by Crippen LogP contribution is 2.41. The Labute approximate surface area is 127 Å². The number of alkyl halides is 2. The summed E-state index contributed by atoms with van der Waals surface area (Å²) in [5, 5.41) is 5.07. The molecule has 0 unspecified atom stereocenters. The van der Waals surface area contributed by atoms with Gasteiger partial charge in [0.25, 0.3) is 0 Å². The van der Waals surface area contributed by atoms with Crippen LogP contribution in [0.5, 0.6) is 0 Å². The van der Waals surface area contributed by atoms with Gasteiger partial charge in [0.05, 0.1) is 4.90 Å². The van der Waals surface area contributed by atoms with Gasteiger partial charge in [-0.25, -0.2) is 13.6 Å². The molecule has 0 saturated heterocycles. The summed E-state index contributed by atoms with van der Waals surface area (Å²) >= 11 is 0. The zero-order chi connectivity index (χ0) is 16.0. The number of anilines is 1. The molecule has 116 valence electrons. The van der Waals surface area contributed by atoms with Gasteiger partial charge in [0.2, 0.25) is 10.0 Å². The van der Waals surface area contributed by atoms with E-state index in [9.17, 15) is 17.2 Å². The quantitative estimate of drug-likeness (QED) is 0.882. The molecule has 2 aromatic rings. The first-order valence-electron chi connectivity index (χ1n) is 6.67. The van der Waals surface area contributed by atoms with Crippen LogP contribution in [0.15, 0.2) is 53.4 Å². The number of hydrogen-bond donors (Lipinski definition) is 1. The Balaban J connectivity index is 2.02. The fourth-order valence-electron chi connectivity index (χ4n) is 2.64. The van der Waals surface area contributed by atoms with Crippen LogP contribution < -0.4 is 10.0 Å². The van der Waals surface area contributed by atoms with Crippen molar-refractivity contribution in [3.05, 3.63) is 59.7 Å². The largest absolute Gasteiger partial charge is 0.352 e. The molecule has 0 atom stereocenters. The van der Waals surface area contributed by atoms with Crippen molar-refractivity contribution in [2.75, 3.05) is 11.4 Å². The van der Waals surface area contributed by atoms with E-state index in [0.29, 0.717) is 17.7 Å². The predicted molar refractivity (Wildman–Crippen MR) is 79.2 cm³/mol. The van der Waals surface area contributed by atoms with Crippen LogP contribution >= 0.6 is 0 Å². The molecule has 0 bridgehead atoms. The molecule has 1 aliphatic heterocycles. The fourth-order valence-corrected chi connectivity index (χ4v) is 3.21. The summed E-state index contributed by atoms with van der Waals surface area (Å²) in [5.41, 5.74) is 0.793. The summed E-state index contributed by atoms with van der Waals surface area (Å²) in [6.07, 6.45) is 0.348. The van der Waals surface area contributed by atoms with Crippen molar-refractivity contribution in [1.82, 2.24) is 0 Å². The third-order valence-corrected chi connectivity index (χ3v) is 4.65. The first-order chi connectivity index (χ1) is 10.3. The number of hydrogen-bond acceptors (Lipinski definition) is 3. The van der Waals surface area contributed by atoms with E-state index in [4.69, 9.17) is 5.14 Å². The maximum absolute atomic E-state index is 14.7. The highest BCUT2D eigenvalue weighted by Gasteiger charge is 2.42. The third kappa shape index (κ3) is 2.46. The second kappa shape index (κ2) is 5.03. The highest BCUT2D eigenvalue weighted by atomic mass is 32.2. The normalized spacial score (nSPS) is 15.0. The summed E-state index contributed by atoms with van der Waals surface area (Å²) in [6, 6.07) is 8.39. The molecule has 1 aliphatic rings. The van der Waals surface area contributed by atoms with E-state index in [0.717, 1.165) is 4.90 Å². The first-order valence-corrected chi connectivity index (χ1v) is 8.21. The van der Waals surface area contributed by atoms with Crippen LogP contribution in [0.2, 0.25) is 0 Å². The van der Waals surface area contributed by atoms with Gasteiger partial charge in [-0.3, -0.25) is 0 Å². The average Bonchev–Trinajstić information content (AvgIpc) is 2.91. The maximum atomic E-state index is 14.7. The van der Waals surface area contributed by atoms with Gasteiger partial charge in [-0.15, -0.1) is 0 Å². The number of primary sulfonamides is 1. The van der Waals surface area contributed by atoms with Gasteiger partial charge in [-0.05, 0) is 30.2 Å². The molecule has 0 amide bonds. The molecule has 0 spiro atoms. The Morgan fingerprint density at radius 2 is 1.77 bits per heavy atom. The molecule has 0 aromatic heterocycles. The minimum atomic E-state index is -3.84. The summed E-state index contributed by atoms with van der Waals surface area (Å²) in [4.78, 5) is 0.932. The molecule has 2 aromatic carbocycles. The Hall–Kier alpha value is -1.99. The number of rotatable bonds is 3. The molecule has 22 heavy (non-hydrogen) atoms. The third-order valence-electron chi connectivity index (χ3n) is 3.74. The molecular weight excluding hydrogens is 310 g/mol. The lowest BCUT2D eigenvalue weighted by Crippen LogP contribution is -2.38. The lowest BCUT2D eigenvalue weighted by molar-refractivity contribution is -0.00598. The van der Waals surface area contributed by atoms with Crippen LogP contribution in [-0.4, -0.2) is 15.0 Å². The van der Waals surface area contributed by atoms with Crippen LogP contribution in [0.4, 0.5) is 14.5 Å². The number of nitrogens with two attached hydrogens (primary N) is 1. The number of benzene rings is 2. The minimum absolute atomic E-state index is 0.0591. The van der Waals surface area contributed by atoms with Crippen LogP contribution in [-0.2, 0) is 22.5 Å². The topological polar surface area (TPSA) is 63.4 Å². The Morgan fingerprint density at radius 1 is 1.09 bits per heavy atom. The Kier molecular flexibility index (Phi) is 3.41. The summed E-state index contributed by atoms with van der Waals surface area (Å²) in [7, 11) is -3.84. The zero-order valence-electron chi connectivity index (χ0n) is 11.5. The Morgan fingerprint density at radius 3 is 2.41 bits per heavy atom. The second-order valence-electron chi connectivity index (χ2n) is 5.14. The van der Waals surface area contributed by atoms with Gasteiger partial charge in [0.1, 0.15) is 0 Å². The number of fused-ring (bicyclic) bond motifs is 1. The molecule has 0 radical (unpaired) electrons. The number of sulfonamides is 1. The van der Waals surface area contributed by atoms with Crippen LogP contribution in [0.3, 0.4) is 0 Å². The SMILES string of the molecule is NS(=O)(=O)c1ccc2c(c1)CCN2C(F)(F)c1ccccc1. The van der Waals surface area contributed by atoms with Crippen molar-refractivity contribution >= 4 is 15.7 Å². The van der Waals surface area contributed by atoms with Crippen LogP contribution in [0.1, 0.15) is 11.1 Å². The summed E-state index contributed by atoms with van der Waals surface area (Å²) in [5.74, 6) is 0. The standard InChI is InChI=1S/C15H14F2N2O2S/c16-15(17,12-4-2-1-3-5-12)19-9-8-11-10-13(22(18,20)21)6-7-14(11)19/h1-7,10H,8-9H2,(H2,18,20,21). The second-order valence-corrected chi connectivity index (χ2v) is 6.71. The van der Waals surface area contributed by atoms with Gasteiger partial charge < -0.3 is 4.90 Å². The minimum Gasteiger partial charge on any atom is -0.309 e.